The van der Waals surface area contributed by atoms with Gasteiger partial charge in [-0.2, -0.15) is 0 Å². The number of pyridine rings is 1. The highest BCUT2D eigenvalue weighted by Crippen LogP contribution is 2.42. The van der Waals surface area contributed by atoms with Gasteiger partial charge in [0.05, 0.1) is 16.9 Å². The quantitative estimate of drug-likeness (QED) is 0.748. The summed E-state index contributed by atoms with van der Waals surface area (Å²) in [7, 11) is 0. The molecular formula is C21H33N3O2S. The van der Waals surface area contributed by atoms with Gasteiger partial charge in [-0.15, -0.1) is 11.8 Å². The molecule has 2 aliphatic rings. The zero-order valence-corrected chi connectivity index (χ0v) is 17.8. The van der Waals surface area contributed by atoms with Gasteiger partial charge in [-0.3, -0.25) is 0 Å². The third-order valence-corrected chi connectivity index (χ3v) is 7.04. The fourth-order valence-electron chi connectivity index (χ4n) is 4.78. The van der Waals surface area contributed by atoms with Crippen LogP contribution in [0.15, 0.2) is 23.4 Å². The first-order valence-electron chi connectivity index (χ1n) is 10.0. The van der Waals surface area contributed by atoms with Crippen molar-refractivity contribution in [2.75, 3.05) is 30.8 Å². The van der Waals surface area contributed by atoms with Crippen LogP contribution in [0.2, 0.25) is 0 Å². The molecule has 5 nitrogen and oxygen atoms in total. The lowest BCUT2D eigenvalue weighted by Gasteiger charge is -2.49. The van der Waals surface area contributed by atoms with Crippen LogP contribution in [0.25, 0.3) is 0 Å². The molecule has 2 aliphatic heterocycles. The van der Waals surface area contributed by atoms with Crippen LogP contribution in [0, 0.1) is 17.3 Å². The van der Waals surface area contributed by atoms with Crippen LogP contribution in [0.3, 0.4) is 0 Å². The standard InChI is InChI=1S/C21H33N3O2S/c1-21(2,3)18-13-16(15-7-10-23(11-8-15)20(25)26)9-12-24(18)17-5-6-19(27-4)22-14-17/h5-6,14-16,18H,7-13H2,1-4H3,(H,25,26). The Morgan fingerprint density at radius 1 is 1.15 bits per heavy atom. The largest absolute Gasteiger partial charge is 0.465 e. The Labute approximate surface area is 167 Å². The first-order valence-corrected chi connectivity index (χ1v) is 11.3. The molecule has 27 heavy (non-hydrogen) atoms. The first kappa shape index (κ1) is 20.3. The molecule has 2 atom stereocenters. The predicted molar refractivity (Wildman–Crippen MR) is 112 cm³/mol. The minimum atomic E-state index is -0.767. The van der Waals surface area contributed by atoms with Crippen molar-refractivity contribution in [2.24, 2.45) is 17.3 Å². The zero-order chi connectivity index (χ0) is 19.6. The Morgan fingerprint density at radius 2 is 1.81 bits per heavy atom. The number of hydrogen-bond donors (Lipinski definition) is 1. The van der Waals surface area contributed by atoms with Gasteiger partial charge in [-0.25, -0.2) is 9.78 Å². The summed E-state index contributed by atoms with van der Waals surface area (Å²) in [5.74, 6) is 1.35. The van der Waals surface area contributed by atoms with Crippen LogP contribution in [-0.4, -0.2) is 53.0 Å². The van der Waals surface area contributed by atoms with Crippen LogP contribution in [-0.2, 0) is 0 Å². The number of piperidine rings is 2. The van der Waals surface area contributed by atoms with Crippen LogP contribution in [0.5, 0.6) is 0 Å². The number of aromatic nitrogens is 1. The van der Waals surface area contributed by atoms with E-state index < -0.39 is 6.09 Å². The number of thioether (sulfide) groups is 1. The fraction of sp³-hybridized carbons (Fsp3) is 0.714. The van der Waals surface area contributed by atoms with E-state index in [1.165, 1.54) is 18.5 Å². The summed E-state index contributed by atoms with van der Waals surface area (Å²) in [4.78, 5) is 19.9. The fourth-order valence-corrected chi connectivity index (χ4v) is 5.14. The van der Waals surface area contributed by atoms with E-state index in [9.17, 15) is 9.90 Å². The highest BCUT2D eigenvalue weighted by molar-refractivity contribution is 7.98. The summed E-state index contributed by atoms with van der Waals surface area (Å²) in [6.45, 7) is 9.46. The summed E-state index contributed by atoms with van der Waals surface area (Å²) < 4.78 is 0. The normalized spacial score (nSPS) is 24.9. The molecule has 0 spiro atoms. The molecule has 3 heterocycles. The minimum absolute atomic E-state index is 0.193. The summed E-state index contributed by atoms with van der Waals surface area (Å²) in [6, 6.07) is 4.81. The zero-order valence-electron chi connectivity index (χ0n) is 17.0. The minimum Gasteiger partial charge on any atom is -0.465 e. The highest BCUT2D eigenvalue weighted by Gasteiger charge is 2.39. The van der Waals surface area contributed by atoms with Gasteiger partial charge >= 0.3 is 6.09 Å². The molecular weight excluding hydrogens is 358 g/mol. The maximum atomic E-state index is 11.2. The second kappa shape index (κ2) is 8.29. The first-order chi connectivity index (χ1) is 12.8. The predicted octanol–water partition coefficient (Wildman–Crippen LogP) is 4.82. The van der Waals surface area contributed by atoms with E-state index in [-0.39, 0.29) is 5.41 Å². The van der Waals surface area contributed by atoms with Crippen molar-refractivity contribution in [1.29, 1.82) is 0 Å². The summed E-state index contributed by atoms with van der Waals surface area (Å²) >= 11 is 1.68. The number of carbonyl (C=O) groups is 1. The molecule has 0 radical (unpaired) electrons. The molecule has 2 unspecified atom stereocenters. The summed E-state index contributed by atoms with van der Waals surface area (Å²) in [5.41, 5.74) is 1.42. The van der Waals surface area contributed by atoms with Gasteiger partial charge in [-0.05, 0) is 61.3 Å². The average Bonchev–Trinajstić information content (AvgIpc) is 2.67. The number of likely N-dealkylation sites (tertiary alicyclic amines) is 1. The molecule has 3 rings (SSSR count). The topological polar surface area (TPSA) is 56.7 Å². The van der Waals surface area contributed by atoms with Gasteiger partial charge < -0.3 is 14.9 Å². The van der Waals surface area contributed by atoms with Gasteiger partial charge in [0.25, 0.3) is 0 Å². The van der Waals surface area contributed by atoms with Crippen LogP contribution in [0.4, 0.5) is 10.5 Å². The third-order valence-electron chi connectivity index (χ3n) is 6.38. The Balaban J connectivity index is 1.70. The number of amides is 1. The van der Waals surface area contributed by atoms with E-state index in [1.807, 2.05) is 6.20 Å². The Morgan fingerprint density at radius 3 is 2.33 bits per heavy atom. The Bertz CT molecular complexity index is 636. The summed E-state index contributed by atoms with van der Waals surface area (Å²) in [5, 5.41) is 10.3. The van der Waals surface area contributed by atoms with Crippen LogP contribution in [0.1, 0.15) is 46.5 Å². The van der Waals surface area contributed by atoms with Crippen molar-refractivity contribution in [3.8, 4) is 0 Å². The second-order valence-electron chi connectivity index (χ2n) is 9.03. The average molecular weight is 392 g/mol. The van der Waals surface area contributed by atoms with Crippen molar-refractivity contribution >= 4 is 23.5 Å². The van der Waals surface area contributed by atoms with Gasteiger partial charge in [0.1, 0.15) is 0 Å². The van der Waals surface area contributed by atoms with E-state index in [0.717, 1.165) is 24.4 Å². The van der Waals surface area contributed by atoms with Crippen molar-refractivity contribution < 1.29 is 9.90 Å². The van der Waals surface area contributed by atoms with E-state index in [1.54, 1.807) is 16.7 Å². The van der Waals surface area contributed by atoms with E-state index in [0.29, 0.717) is 31.0 Å². The smallest absolute Gasteiger partial charge is 0.407 e. The second-order valence-corrected chi connectivity index (χ2v) is 9.85. The summed E-state index contributed by atoms with van der Waals surface area (Å²) in [6.07, 6.45) is 7.71. The van der Waals surface area contributed by atoms with Crippen molar-refractivity contribution in [3.63, 3.8) is 0 Å². The lowest BCUT2D eigenvalue weighted by atomic mass is 9.71. The molecule has 0 saturated carbocycles. The maximum absolute atomic E-state index is 11.2. The van der Waals surface area contributed by atoms with Crippen molar-refractivity contribution in [2.45, 2.75) is 57.5 Å². The molecule has 1 N–H and O–H groups in total. The van der Waals surface area contributed by atoms with Crippen molar-refractivity contribution in [3.05, 3.63) is 18.3 Å². The Hall–Kier alpha value is -1.43. The molecule has 1 aromatic heterocycles. The van der Waals surface area contributed by atoms with Crippen molar-refractivity contribution in [1.82, 2.24) is 9.88 Å². The lowest BCUT2D eigenvalue weighted by Crippen LogP contribution is -2.51. The molecule has 0 bridgehead atoms. The maximum Gasteiger partial charge on any atom is 0.407 e. The molecule has 2 saturated heterocycles. The van der Waals surface area contributed by atoms with Gasteiger partial charge in [0.2, 0.25) is 0 Å². The number of rotatable bonds is 3. The Kier molecular flexibility index (Phi) is 6.24. The monoisotopic (exact) mass is 391 g/mol. The van der Waals surface area contributed by atoms with Gasteiger partial charge in [0, 0.05) is 25.7 Å². The number of anilines is 1. The van der Waals surface area contributed by atoms with E-state index in [2.05, 4.69) is 49.0 Å². The molecule has 0 aromatic carbocycles. The number of carboxylic acid groups (broad SMARTS) is 1. The van der Waals surface area contributed by atoms with E-state index in [4.69, 9.17) is 0 Å². The highest BCUT2D eigenvalue weighted by atomic mass is 32.2. The number of hydrogen-bond acceptors (Lipinski definition) is 4. The molecule has 1 amide bonds. The molecule has 2 fully saturated rings. The van der Waals surface area contributed by atoms with Crippen LogP contribution >= 0.6 is 11.8 Å². The van der Waals surface area contributed by atoms with Gasteiger partial charge in [0.15, 0.2) is 0 Å². The third kappa shape index (κ3) is 4.71. The lowest BCUT2D eigenvalue weighted by molar-refractivity contribution is 0.0958. The van der Waals surface area contributed by atoms with Crippen LogP contribution < -0.4 is 4.90 Å². The molecule has 1 aromatic rings. The van der Waals surface area contributed by atoms with Gasteiger partial charge in [-0.1, -0.05) is 20.8 Å². The number of nitrogens with zero attached hydrogens (tertiary/aromatic N) is 3. The van der Waals surface area contributed by atoms with E-state index >= 15 is 0 Å². The molecule has 0 aliphatic carbocycles. The molecule has 150 valence electrons. The SMILES string of the molecule is CSc1ccc(N2CCC(C3CCN(C(=O)O)CC3)CC2C(C)(C)C)cn1. The molecule has 6 heteroatoms.